The van der Waals surface area contributed by atoms with Crippen molar-refractivity contribution in [3.8, 4) is 22.3 Å². The molecule has 0 saturated carbocycles. The Morgan fingerprint density at radius 1 is 0.778 bits per heavy atom. The first-order valence-corrected chi connectivity index (χ1v) is 12.3. The van der Waals surface area contributed by atoms with Crippen LogP contribution in [0.25, 0.3) is 33.3 Å². The van der Waals surface area contributed by atoms with Gasteiger partial charge in [0.25, 0.3) is 0 Å². The number of halogens is 2. The van der Waals surface area contributed by atoms with Gasteiger partial charge in [0.1, 0.15) is 11.5 Å². The van der Waals surface area contributed by atoms with Crippen LogP contribution in [0, 0.1) is 34.8 Å². The summed E-state index contributed by atoms with van der Waals surface area (Å²) in [5.74, 6) is 1.57. The van der Waals surface area contributed by atoms with Crippen LogP contribution < -0.4 is 17.2 Å². The Kier molecular flexibility index (Phi) is 9.40. The highest BCUT2D eigenvalue weighted by Crippen LogP contribution is 2.33. The van der Waals surface area contributed by atoms with Crippen molar-refractivity contribution in [3.05, 3.63) is 64.8 Å². The van der Waals surface area contributed by atoms with Gasteiger partial charge in [-0.2, -0.15) is 0 Å². The van der Waals surface area contributed by atoms with Crippen LogP contribution in [0.4, 0.5) is 11.4 Å². The fraction of sp³-hybridized carbons (Fsp3) is 0.240. The quantitative estimate of drug-likeness (QED) is 0.117. The molecule has 0 saturated heterocycles. The van der Waals surface area contributed by atoms with Gasteiger partial charge in [-0.25, -0.2) is 4.79 Å². The van der Waals surface area contributed by atoms with Crippen LogP contribution in [0.15, 0.2) is 38.1 Å². The Balaban J connectivity index is 0.000000242. The van der Waals surface area contributed by atoms with Crippen LogP contribution in [0.3, 0.4) is 0 Å². The predicted molar refractivity (Wildman–Crippen MR) is 163 cm³/mol. The number of benzene rings is 2. The molecule has 0 fully saturated rings. The fourth-order valence-corrected chi connectivity index (χ4v) is 5.23. The summed E-state index contributed by atoms with van der Waals surface area (Å²) in [5, 5.41) is 7.88. The first kappa shape index (κ1) is 29.4. The first-order chi connectivity index (χ1) is 16.1. The van der Waals surface area contributed by atoms with Crippen LogP contribution in [-0.4, -0.2) is 20.3 Å². The van der Waals surface area contributed by atoms with Gasteiger partial charge in [-0.15, -0.1) is 0 Å². The lowest BCUT2D eigenvalue weighted by atomic mass is 10.0. The van der Waals surface area contributed by atoms with Gasteiger partial charge >= 0.3 is 5.69 Å². The molecule has 0 aliphatic rings. The summed E-state index contributed by atoms with van der Waals surface area (Å²) >= 11 is 4.37. The molecule has 0 radical (unpaired) electrons. The molecule has 0 spiro atoms. The van der Waals surface area contributed by atoms with Gasteiger partial charge in [0.2, 0.25) is 0 Å². The summed E-state index contributed by atoms with van der Waals surface area (Å²) in [4.78, 5) is 16.9. The molecule has 3 aromatic heterocycles. The van der Waals surface area contributed by atoms with Crippen molar-refractivity contribution in [2.75, 3.05) is 11.5 Å². The molecule has 0 aliphatic heterocycles. The molecule has 6 N–H and O–H groups in total. The maximum Gasteiger partial charge on any atom is 0.323 e. The van der Waals surface area contributed by atoms with E-state index in [0.717, 1.165) is 63.3 Å². The van der Waals surface area contributed by atoms with Crippen molar-refractivity contribution in [3.63, 3.8) is 0 Å². The summed E-state index contributed by atoms with van der Waals surface area (Å²) in [7, 11) is 0. The Morgan fingerprint density at radius 3 is 1.75 bits per heavy atom. The second kappa shape index (κ2) is 11.5. The standard InChI is InChI=1S/C12H10IN3O2.C11H12IN3O.2CH4/c1-5-10(6(2)18-16-5)7-3-8(13)11-9(4-7)14-12(17)15-11;1-5-10(6(2)16-15-5)7-3-8(12)11(14)9(13)4-7;;/h3-4H,1-2H3,(H2,14,15,17);3-4H,13-14H2,1-2H3;2*1H4. The number of imidazole rings is 1. The van der Waals surface area contributed by atoms with E-state index in [4.69, 9.17) is 20.5 Å². The molecule has 0 amide bonds. The van der Waals surface area contributed by atoms with Crippen LogP contribution in [0.5, 0.6) is 0 Å². The molecule has 0 bridgehead atoms. The minimum Gasteiger partial charge on any atom is -0.397 e. The monoisotopic (exact) mass is 716 g/mol. The average Bonchev–Trinajstić information content (AvgIpc) is 3.42. The number of nitrogens with two attached hydrogens (primary N) is 2. The minimum atomic E-state index is -0.196. The molecule has 3 heterocycles. The molecule has 192 valence electrons. The van der Waals surface area contributed by atoms with Crippen molar-refractivity contribution in [1.82, 2.24) is 20.3 Å². The zero-order valence-electron chi connectivity index (χ0n) is 18.8. The van der Waals surface area contributed by atoms with Gasteiger partial charge in [0, 0.05) is 18.3 Å². The highest BCUT2D eigenvalue weighted by atomic mass is 127. The molecule has 0 atom stereocenters. The van der Waals surface area contributed by atoms with E-state index in [1.54, 1.807) is 0 Å². The molecule has 11 heteroatoms. The number of aryl methyl sites for hydroxylation is 4. The molecule has 5 aromatic rings. The van der Waals surface area contributed by atoms with Gasteiger partial charge < -0.3 is 30.5 Å². The Bertz CT molecular complexity index is 1520. The predicted octanol–water partition coefficient (Wildman–Crippen LogP) is 6.73. The zero-order chi connectivity index (χ0) is 24.7. The number of nitrogens with zero attached hydrogens (tertiary/aromatic N) is 2. The maximum atomic E-state index is 11.3. The highest BCUT2D eigenvalue weighted by molar-refractivity contribution is 14.1. The zero-order valence-corrected chi connectivity index (χ0v) is 23.2. The van der Waals surface area contributed by atoms with Crippen molar-refractivity contribution < 1.29 is 9.05 Å². The van der Waals surface area contributed by atoms with E-state index < -0.39 is 0 Å². The van der Waals surface area contributed by atoms with Crippen molar-refractivity contribution >= 4 is 67.6 Å². The van der Waals surface area contributed by atoms with Crippen LogP contribution >= 0.6 is 45.2 Å². The summed E-state index contributed by atoms with van der Waals surface area (Å²) in [6, 6.07) is 7.78. The first-order valence-electron chi connectivity index (χ1n) is 10.2. The molecular formula is C25H30I2N6O3. The number of hydrogen-bond donors (Lipinski definition) is 4. The summed E-state index contributed by atoms with van der Waals surface area (Å²) < 4.78 is 12.2. The van der Waals surface area contributed by atoms with Gasteiger partial charge in [0.05, 0.1) is 33.8 Å². The second-order valence-electron chi connectivity index (χ2n) is 7.82. The van der Waals surface area contributed by atoms with E-state index in [1.165, 1.54) is 0 Å². The lowest BCUT2D eigenvalue weighted by Crippen LogP contribution is -1.99. The lowest BCUT2D eigenvalue weighted by molar-refractivity contribution is 0.393. The Labute approximate surface area is 236 Å². The number of fused-ring (bicyclic) bond motifs is 1. The van der Waals surface area contributed by atoms with Gasteiger partial charge in [-0.05, 0) is 108 Å². The lowest BCUT2D eigenvalue weighted by Gasteiger charge is -2.07. The summed E-state index contributed by atoms with van der Waals surface area (Å²) in [6.45, 7) is 7.58. The third-order valence-corrected chi connectivity index (χ3v) is 7.13. The number of rotatable bonds is 2. The molecule has 36 heavy (non-hydrogen) atoms. The van der Waals surface area contributed by atoms with Crippen molar-refractivity contribution in [2.45, 2.75) is 42.5 Å². The van der Waals surface area contributed by atoms with E-state index in [1.807, 2.05) is 52.0 Å². The molecule has 0 aliphatic carbocycles. The fourth-order valence-electron chi connectivity index (χ4n) is 3.82. The van der Waals surface area contributed by atoms with Gasteiger partial charge in [0.15, 0.2) is 0 Å². The highest BCUT2D eigenvalue weighted by Gasteiger charge is 2.15. The van der Waals surface area contributed by atoms with Crippen molar-refractivity contribution in [1.29, 1.82) is 0 Å². The molecule has 2 aromatic carbocycles. The second-order valence-corrected chi connectivity index (χ2v) is 10.1. The van der Waals surface area contributed by atoms with Crippen LogP contribution in [0.1, 0.15) is 37.8 Å². The molecule has 0 unspecified atom stereocenters. The van der Waals surface area contributed by atoms with E-state index in [-0.39, 0.29) is 20.5 Å². The number of hydrogen-bond acceptors (Lipinski definition) is 7. The third kappa shape index (κ3) is 5.61. The van der Waals surface area contributed by atoms with Crippen molar-refractivity contribution in [2.24, 2.45) is 0 Å². The number of nitrogens with one attached hydrogen (secondary N) is 2. The normalized spacial score (nSPS) is 10.4. The maximum absolute atomic E-state index is 11.3. The third-order valence-electron chi connectivity index (χ3n) is 5.38. The number of nitrogen functional groups attached to an aromatic ring is 2. The van der Waals surface area contributed by atoms with E-state index in [9.17, 15) is 4.79 Å². The number of H-pyrrole nitrogens is 2. The number of aromatic amines is 2. The Hall–Kier alpha value is -2.81. The van der Waals surface area contributed by atoms with Gasteiger partial charge in [-0.1, -0.05) is 25.2 Å². The summed E-state index contributed by atoms with van der Waals surface area (Å²) in [6.07, 6.45) is 0. The summed E-state index contributed by atoms with van der Waals surface area (Å²) in [5.41, 5.74) is 20.0. The smallest absolute Gasteiger partial charge is 0.323 e. The number of aromatic nitrogens is 4. The topological polar surface area (TPSA) is 153 Å². The number of anilines is 2. The van der Waals surface area contributed by atoms with E-state index in [0.29, 0.717) is 11.4 Å². The largest absolute Gasteiger partial charge is 0.397 e. The minimum absolute atomic E-state index is 0. The molecular weight excluding hydrogens is 686 g/mol. The average molecular weight is 716 g/mol. The Morgan fingerprint density at radius 2 is 1.28 bits per heavy atom. The van der Waals surface area contributed by atoms with Gasteiger partial charge in [-0.3, -0.25) is 0 Å². The van der Waals surface area contributed by atoms with E-state index >= 15 is 0 Å². The van der Waals surface area contributed by atoms with Crippen LogP contribution in [-0.2, 0) is 0 Å². The molecule has 9 nitrogen and oxygen atoms in total. The van der Waals surface area contributed by atoms with E-state index in [2.05, 4.69) is 65.5 Å². The SMILES string of the molecule is C.C.Cc1noc(C)c1-c1cc(I)c2[nH]c(=O)[nH]c2c1.Cc1noc(C)c1-c1cc(N)c(N)c(I)c1. The van der Waals surface area contributed by atoms with Crippen LogP contribution in [0.2, 0.25) is 0 Å². The molecule has 5 rings (SSSR count).